The third-order valence-corrected chi connectivity index (χ3v) is 6.47. The van der Waals surface area contributed by atoms with Gasteiger partial charge in [0.05, 0.1) is 13.5 Å². The van der Waals surface area contributed by atoms with E-state index in [1.54, 1.807) is 38.1 Å². The zero-order valence-corrected chi connectivity index (χ0v) is 15.9. The lowest BCUT2D eigenvalue weighted by Gasteiger charge is -2.50. The van der Waals surface area contributed by atoms with Crippen LogP contribution in [0.1, 0.15) is 19.4 Å². The number of hydrogen-bond donors (Lipinski definition) is 2. The van der Waals surface area contributed by atoms with Gasteiger partial charge in [0, 0.05) is 4.75 Å². The van der Waals surface area contributed by atoms with E-state index in [1.165, 1.54) is 11.8 Å². The van der Waals surface area contributed by atoms with E-state index in [0.717, 1.165) is 17.6 Å². The smallest absolute Gasteiger partial charge is 0.344 e. The molecule has 2 N–H and O–H groups in total. The summed E-state index contributed by atoms with van der Waals surface area (Å²) in [6, 6.07) is 7.79. The van der Waals surface area contributed by atoms with Crippen LogP contribution in [0.4, 0.5) is 0 Å². The monoisotopic (exact) mass is 392 g/mol. The van der Waals surface area contributed by atoms with Gasteiger partial charge in [0.15, 0.2) is 0 Å². The molecule has 0 spiro atoms. The molecule has 1 aromatic rings. The Bertz CT molecular complexity index is 811. The predicted octanol–water partition coefficient (Wildman–Crippen LogP) is 0.404. The molecule has 27 heavy (non-hydrogen) atoms. The molecule has 2 aliphatic rings. The average Bonchev–Trinajstić information content (AvgIpc) is 2.88. The second-order valence-electron chi connectivity index (χ2n) is 7.04. The first kappa shape index (κ1) is 19.2. The van der Waals surface area contributed by atoms with Crippen LogP contribution in [0, 0.1) is 0 Å². The average molecular weight is 392 g/mol. The molecule has 8 nitrogen and oxygen atoms in total. The Hall–Kier alpha value is -2.55. The number of nitrogens with one attached hydrogen (secondary N) is 1. The molecule has 2 heterocycles. The summed E-state index contributed by atoms with van der Waals surface area (Å²) in [7, 11) is 1.13. The van der Waals surface area contributed by atoms with E-state index in [2.05, 4.69) is 5.32 Å². The predicted molar refractivity (Wildman–Crippen MR) is 96.8 cm³/mol. The summed E-state index contributed by atoms with van der Waals surface area (Å²) in [5, 5.41) is 11.2. The molecular weight excluding hydrogens is 372 g/mol. The number of esters is 1. The van der Waals surface area contributed by atoms with Gasteiger partial charge in [-0.1, -0.05) is 30.3 Å². The number of methoxy groups -OCH3 is 1. The van der Waals surface area contributed by atoms with Crippen molar-refractivity contribution in [2.45, 2.75) is 42.0 Å². The Morgan fingerprint density at radius 3 is 2.44 bits per heavy atom. The van der Waals surface area contributed by atoms with Gasteiger partial charge in [-0.15, -0.1) is 11.8 Å². The summed E-state index contributed by atoms with van der Waals surface area (Å²) in [4.78, 5) is 50.7. The number of carboxylic acids is 1. The van der Waals surface area contributed by atoms with Gasteiger partial charge >= 0.3 is 11.9 Å². The van der Waals surface area contributed by atoms with Gasteiger partial charge in [0.2, 0.25) is 11.4 Å². The second kappa shape index (κ2) is 6.56. The molecule has 2 amide bonds. The number of benzene rings is 1. The van der Waals surface area contributed by atoms with Gasteiger partial charge in [-0.3, -0.25) is 9.59 Å². The quantitative estimate of drug-likeness (QED) is 0.424. The van der Waals surface area contributed by atoms with Crippen LogP contribution in [0.5, 0.6) is 0 Å². The molecule has 0 aliphatic carbocycles. The number of rotatable bonds is 5. The zero-order valence-electron chi connectivity index (χ0n) is 15.1. The van der Waals surface area contributed by atoms with Crippen LogP contribution in [0.15, 0.2) is 30.3 Å². The van der Waals surface area contributed by atoms with E-state index >= 15 is 0 Å². The van der Waals surface area contributed by atoms with Gasteiger partial charge in [0.25, 0.3) is 5.91 Å². The second-order valence-corrected chi connectivity index (χ2v) is 8.77. The highest BCUT2D eigenvalue weighted by atomic mass is 32.2. The van der Waals surface area contributed by atoms with Gasteiger partial charge < -0.3 is 20.1 Å². The molecule has 1 unspecified atom stereocenters. The first-order chi connectivity index (χ1) is 12.6. The van der Waals surface area contributed by atoms with Gasteiger partial charge in [-0.25, -0.2) is 9.59 Å². The van der Waals surface area contributed by atoms with Crippen LogP contribution in [0.3, 0.4) is 0 Å². The number of β-lactam (4-membered cyclic amide) rings is 1. The lowest BCUT2D eigenvalue weighted by atomic mass is 9.84. The number of hydrogen-bond acceptors (Lipinski definition) is 6. The maximum atomic E-state index is 12.9. The number of ether oxygens (including phenoxy) is 1. The molecule has 0 saturated carbocycles. The highest BCUT2D eigenvalue weighted by Crippen LogP contribution is 2.55. The number of carbonyl (C=O) groups is 4. The van der Waals surface area contributed by atoms with Crippen molar-refractivity contribution in [1.29, 1.82) is 0 Å². The number of fused-ring (bicyclic) bond motifs is 1. The summed E-state index contributed by atoms with van der Waals surface area (Å²) >= 11 is 1.17. The molecule has 0 aromatic heterocycles. The molecule has 0 bridgehead atoms. The van der Waals surface area contributed by atoms with Crippen molar-refractivity contribution < 1.29 is 29.0 Å². The fourth-order valence-corrected chi connectivity index (χ4v) is 5.30. The van der Waals surface area contributed by atoms with Crippen molar-refractivity contribution in [2.75, 3.05) is 7.11 Å². The lowest BCUT2D eigenvalue weighted by molar-refractivity contribution is -0.180. The van der Waals surface area contributed by atoms with Gasteiger partial charge in [-0.2, -0.15) is 0 Å². The standard InChI is InChI=1S/C18H20N2O6S/c1-17(2)12(13(22)23)20-14(24)18(15(20)27-17,16(25)26-3)19-11(21)9-10-7-5-4-6-8-10/h4-8,12,15H,9H2,1-3H3,(H,19,21)(H,22,23)/t12-,15+,18?/m0/s1. The largest absolute Gasteiger partial charge is 0.480 e. The number of amides is 2. The Kier molecular flexibility index (Phi) is 4.67. The maximum absolute atomic E-state index is 12.9. The Balaban J connectivity index is 1.89. The molecule has 144 valence electrons. The van der Waals surface area contributed by atoms with E-state index in [1.807, 2.05) is 6.07 Å². The van der Waals surface area contributed by atoms with Gasteiger partial charge in [-0.05, 0) is 19.4 Å². The summed E-state index contributed by atoms with van der Waals surface area (Å²) in [6.07, 6.45) is -0.0179. The van der Waals surface area contributed by atoms with Crippen LogP contribution in [-0.2, 0) is 30.3 Å². The molecule has 2 fully saturated rings. The van der Waals surface area contributed by atoms with E-state index < -0.39 is 45.5 Å². The summed E-state index contributed by atoms with van der Waals surface area (Å²) in [5.74, 6) is -3.33. The van der Waals surface area contributed by atoms with Crippen molar-refractivity contribution >= 4 is 35.5 Å². The molecule has 1 aromatic carbocycles. The third kappa shape index (κ3) is 2.86. The SMILES string of the molecule is COC(=O)C1(NC(=O)Cc2ccccc2)C(=O)N2[C@@H](C(=O)O)C(C)(C)S[C@@H]21. The normalized spacial score (nSPS) is 28.1. The van der Waals surface area contributed by atoms with Crippen LogP contribution >= 0.6 is 11.8 Å². The van der Waals surface area contributed by atoms with Crippen LogP contribution < -0.4 is 5.32 Å². The summed E-state index contributed by atoms with van der Waals surface area (Å²) < 4.78 is 3.96. The highest BCUT2D eigenvalue weighted by molar-refractivity contribution is 8.01. The number of carboxylic acid groups (broad SMARTS) is 1. The van der Waals surface area contributed by atoms with Crippen LogP contribution in [-0.4, -0.2) is 62.6 Å². The lowest BCUT2D eigenvalue weighted by Crippen LogP contribution is -2.82. The van der Waals surface area contributed by atoms with E-state index in [-0.39, 0.29) is 6.42 Å². The minimum Gasteiger partial charge on any atom is -0.480 e. The summed E-state index contributed by atoms with van der Waals surface area (Å²) in [6.45, 7) is 3.38. The molecule has 3 atom stereocenters. The van der Waals surface area contributed by atoms with E-state index in [9.17, 15) is 24.3 Å². The summed E-state index contributed by atoms with van der Waals surface area (Å²) in [5.41, 5.74) is -1.19. The number of thioether (sulfide) groups is 1. The minimum atomic E-state index is -1.91. The topological polar surface area (TPSA) is 113 Å². The van der Waals surface area contributed by atoms with E-state index in [0.29, 0.717) is 0 Å². The van der Waals surface area contributed by atoms with E-state index in [4.69, 9.17) is 4.74 Å². The molecule has 3 rings (SSSR count). The first-order valence-corrected chi connectivity index (χ1v) is 9.20. The Morgan fingerprint density at radius 2 is 1.89 bits per heavy atom. The van der Waals surface area contributed by atoms with Crippen molar-refractivity contribution in [3.63, 3.8) is 0 Å². The number of aliphatic carboxylic acids is 1. The molecule has 2 saturated heterocycles. The zero-order chi connectivity index (χ0) is 20.0. The van der Waals surface area contributed by atoms with Crippen molar-refractivity contribution in [3.05, 3.63) is 35.9 Å². The Labute approximate surface area is 160 Å². The molecular formula is C18H20N2O6S. The van der Waals surface area contributed by atoms with Crippen LogP contribution in [0.2, 0.25) is 0 Å². The maximum Gasteiger partial charge on any atom is 0.344 e. The fraction of sp³-hybridized carbons (Fsp3) is 0.444. The molecule has 0 radical (unpaired) electrons. The number of nitrogens with zero attached hydrogens (tertiary/aromatic N) is 1. The Morgan fingerprint density at radius 1 is 1.26 bits per heavy atom. The molecule has 2 aliphatic heterocycles. The van der Waals surface area contributed by atoms with Crippen molar-refractivity contribution in [1.82, 2.24) is 10.2 Å². The first-order valence-electron chi connectivity index (χ1n) is 8.32. The fourth-order valence-electron chi connectivity index (χ4n) is 3.62. The molecule has 9 heteroatoms. The van der Waals surface area contributed by atoms with Crippen LogP contribution in [0.25, 0.3) is 0 Å². The van der Waals surface area contributed by atoms with Crippen molar-refractivity contribution in [3.8, 4) is 0 Å². The number of carbonyl (C=O) groups excluding carboxylic acids is 3. The minimum absolute atomic E-state index is 0.0179. The van der Waals surface area contributed by atoms with Gasteiger partial charge in [0.1, 0.15) is 11.4 Å². The third-order valence-electron chi connectivity index (χ3n) is 4.83. The van der Waals surface area contributed by atoms with Crippen molar-refractivity contribution in [2.24, 2.45) is 0 Å². The highest BCUT2D eigenvalue weighted by Gasteiger charge is 2.76.